The standard InChI is InChI=1S/C11H22N2O2/c1-4-12(5-2)11(14)13-8-6-10(15-3)7-9-13/h10H,4-9H2,1-3H3. The number of hydrogen-bond donors (Lipinski definition) is 0. The third kappa shape index (κ3) is 3.09. The van der Waals surface area contributed by atoms with Crippen LogP contribution in [0.2, 0.25) is 0 Å². The smallest absolute Gasteiger partial charge is 0.319 e. The lowest BCUT2D eigenvalue weighted by Gasteiger charge is -2.34. The molecule has 1 aliphatic heterocycles. The number of rotatable bonds is 3. The van der Waals surface area contributed by atoms with Crippen LogP contribution in [0.25, 0.3) is 0 Å². The minimum atomic E-state index is 0.176. The third-order valence-corrected chi connectivity index (χ3v) is 3.08. The van der Waals surface area contributed by atoms with Gasteiger partial charge in [-0.15, -0.1) is 0 Å². The number of piperidine rings is 1. The molecule has 1 saturated heterocycles. The van der Waals surface area contributed by atoms with Crippen molar-refractivity contribution in [2.45, 2.75) is 32.8 Å². The van der Waals surface area contributed by atoms with Gasteiger partial charge in [0, 0.05) is 33.3 Å². The van der Waals surface area contributed by atoms with Crippen LogP contribution >= 0.6 is 0 Å². The molecule has 2 amide bonds. The Labute approximate surface area is 92.2 Å². The maximum Gasteiger partial charge on any atom is 0.319 e. The SMILES string of the molecule is CCN(CC)C(=O)N1CCC(OC)CC1. The number of amides is 2. The first-order chi connectivity index (χ1) is 7.22. The van der Waals surface area contributed by atoms with Crippen LogP contribution in [0, 0.1) is 0 Å². The van der Waals surface area contributed by atoms with E-state index in [1.54, 1.807) is 7.11 Å². The Kier molecular flexibility index (Phi) is 4.88. The molecule has 0 N–H and O–H groups in total. The molecule has 0 saturated carbocycles. The van der Waals surface area contributed by atoms with Crippen LogP contribution in [0.5, 0.6) is 0 Å². The summed E-state index contributed by atoms with van der Waals surface area (Å²) in [5.41, 5.74) is 0. The van der Waals surface area contributed by atoms with Crippen molar-refractivity contribution in [3.8, 4) is 0 Å². The molecule has 1 aliphatic rings. The molecule has 88 valence electrons. The zero-order valence-electron chi connectivity index (χ0n) is 10.0. The number of hydrogen-bond acceptors (Lipinski definition) is 2. The van der Waals surface area contributed by atoms with Crippen LogP contribution in [0.3, 0.4) is 0 Å². The number of likely N-dealkylation sites (tertiary alicyclic amines) is 1. The van der Waals surface area contributed by atoms with E-state index in [2.05, 4.69) is 0 Å². The van der Waals surface area contributed by atoms with Crippen molar-refractivity contribution in [1.29, 1.82) is 0 Å². The monoisotopic (exact) mass is 214 g/mol. The van der Waals surface area contributed by atoms with E-state index >= 15 is 0 Å². The van der Waals surface area contributed by atoms with Gasteiger partial charge in [-0.05, 0) is 26.7 Å². The summed E-state index contributed by atoms with van der Waals surface area (Å²) in [5, 5.41) is 0. The van der Waals surface area contributed by atoms with E-state index in [4.69, 9.17) is 4.74 Å². The summed E-state index contributed by atoms with van der Waals surface area (Å²) < 4.78 is 5.28. The van der Waals surface area contributed by atoms with Gasteiger partial charge in [-0.3, -0.25) is 0 Å². The van der Waals surface area contributed by atoms with E-state index in [-0.39, 0.29) is 6.03 Å². The summed E-state index contributed by atoms with van der Waals surface area (Å²) in [6.45, 7) is 7.27. The molecule has 1 rings (SSSR count). The zero-order valence-corrected chi connectivity index (χ0v) is 10.0. The van der Waals surface area contributed by atoms with Crippen LogP contribution in [0.1, 0.15) is 26.7 Å². The lowest BCUT2D eigenvalue weighted by atomic mass is 10.1. The number of carbonyl (C=O) groups is 1. The molecule has 0 radical (unpaired) electrons. The van der Waals surface area contributed by atoms with Crippen molar-refractivity contribution in [1.82, 2.24) is 9.80 Å². The van der Waals surface area contributed by atoms with Gasteiger partial charge in [-0.2, -0.15) is 0 Å². The first-order valence-electron chi connectivity index (χ1n) is 5.79. The number of carbonyl (C=O) groups excluding carboxylic acids is 1. The fourth-order valence-electron chi connectivity index (χ4n) is 1.98. The molecule has 4 nitrogen and oxygen atoms in total. The van der Waals surface area contributed by atoms with Gasteiger partial charge >= 0.3 is 6.03 Å². The lowest BCUT2D eigenvalue weighted by Crippen LogP contribution is -2.47. The summed E-state index contributed by atoms with van der Waals surface area (Å²) in [7, 11) is 1.74. The predicted molar refractivity (Wildman–Crippen MR) is 59.9 cm³/mol. The summed E-state index contributed by atoms with van der Waals surface area (Å²) in [4.78, 5) is 15.8. The number of ether oxygens (including phenoxy) is 1. The van der Waals surface area contributed by atoms with Gasteiger partial charge in [0.05, 0.1) is 6.10 Å². The predicted octanol–water partition coefficient (Wildman–Crippen LogP) is 1.56. The second-order valence-corrected chi connectivity index (χ2v) is 3.88. The Bertz CT molecular complexity index is 197. The molecule has 0 bridgehead atoms. The summed E-state index contributed by atoms with van der Waals surface area (Å²) in [6.07, 6.45) is 2.26. The van der Waals surface area contributed by atoms with Crippen molar-refractivity contribution < 1.29 is 9.53 Å². The highest BCUT2D eigenvalue weighted by Gasteiger charge is 2.24. The van der Waals surface area contributed by atoms with Gasteiger partial charge in [0.25, 0.3) is 0 Å². The highest BCUT2D eigenvalue weighted by Crippen LogP contribution is 2.14. The molecule has 0 unspecified atom stereocenters. The average molecular weight is 214 g/mol. The molecule has 15 heavy (non-hydrogen) atoms. The van der Waals surface area contributed by atoms with Crippen molar-refractivity contribution in [2.24, 2.45) is 0 Å². The van der Waals surface area contributed by atoms with Gasteiger partial charge in [0.1, 0.15) is 0 Å². The zero-order chi connectivity index (χ0) is 11.3. The number of nitrogens with zero attached hydrogens (tertiary/aromatic N) is 2. The molecular weight excluding hydrogens is 192 g/mol. The van der Waals surface area contributed by atoms with Gasteiger partial charge in [0.15, 0.2) is 0 Å². The molecule has 1 heterocycles. The van der Waals surface area contributed by atoms with Crippen molar-refractivity contribution in [3.63, 3.8) is 0 Å². The van der Waals surface area contributed by atoms with E-state index in [0.29, 0.717) is 6.10 Å². The van der Waals surface area contributed by atoms with Crippen LogP contribution in [-0.4, -0.2) is 55.2 Å². The second-order valence-electron chi connectivity index (χ2n) is 3.88. The fourth-order valence-corrected chi connectivity index (χ4v) is 1.98. The van der Waals surface area contributed by atoms with Crippen LogP contribution < -0.4 is 0 Å². The topological polar surface area (TPSA) is 32.8 Å². The van der Waals surface area contributed by atoms with Crippen molar-refractivity contribution in [3.05, 3.63) is 0 Å². The quantitative estimate of drug-likeness (QED) is 0.714. The third-order valence-electron chi connectivity index (χ3n) is 3.08. The van der Waals surface area contributed by atoms with Gasteiger partial charge < -0.3 is 14.5 Å². The normalized spacial score (nSPS) is 17.9. The Hall–Kier alpha value is -0.770. The molecule has 0 aromatic heterocycles. The molecule has 4 heteroatoms. The van der Waals surface area contributed by atoms with E-state index in [0.717, 1.165) is 39.0 Å². The van der Waals surface area contributed by atoms with Crippen LogP contribution in [0.15, 0.2) is 0 Å². The van der Waals surface area contributed by atoms with Crippen LogP contribution in [0.4, 0.5) is 4.79 Å². The lowest BCUT2D eigenvalue weighted by molar-refractivity contribution is 0.0451. The molecule has 0 spiro atoms. The molecule has 0 aromatic rings. The first kappa shape index (κ1) is 12.3. The Morgan fingerprint density at radius 1 is 1.33 bits per heavy atom. The molecule has 1 fully saturated rings. The van der Waals surface area contributed by atoms with E-state index in [1.165, 1.54) is 0 Å². The molecule has 0 atom stereocenters. The Balaban J connectivity index is 2.42. The minimum absolute atomic E-state index is 0.176. The summed E-state index contributed by atoms with van der Waals surface area (Å²) in [6, 6.07) is 0.176. The maximum atomic E-state index is 12.0. The Morgan fingerprint density at radius 3 is 2.27 bits per heavy atom. The number of methoxy groups -OCH3 is 1. The highest BCUT2D eigenvalue weighted by atomic mass is 16.5. The second kappa shape index (κ2) is 5.95. The fraction of sp³-hybridized carbons (Fsp3) is 0.909. The summed E-state index contributed by atoms with van der Waals surface area (Å²) >= 11 is 0. The largest absolute Gasteiger partial charge is 0.381 e. The van der Waals surface area contributed by atoms with Crippen LogP contribution in [-0.2, 0) is 4.74 Å². The molecule has 0 aromatic carbocycles. The van der Waals surface area contributed by atoms with E-state index in [1.807, 2.05) is 23.6 Å². The van der Waals surface area contributed by atoms with Gasteiger partial charge in [-0.1, -0.05) is 0 Å². The first-order valence-corrected chi connectivity index (χ1v) is 5.79. The van der Waals surface area contributed by atoms with E-state index in [9.17, 15) is 4.79 Å². The van der Waals surface area contributed by atoms with Gasteiger partial charge in [-0.25, -0.2) is 4.79 Å². The maximum absolute atomic E-state index is 12.0. The van der Waals surface area contributed by atoms with Gasteiger partial charge in [0.2, 0.25) is 0 Å². The highest BCUT2D eigenvalue weighted by molar-refractivity contribution is 5.74. The Morgan fingerprint density at radius 2 is 1.87 bits per heavy atom. The average Bonchev–Trinajstić information content (AvgIpc) is 2.30. The molecule has 0 aliphatic carbocycles. The summed E-state index contributed by atoms with van der Waals surface area (Å²) in [5.74, 6) is 0. The van der Waals surface area contributed by atoms with E-state index < -0.39 is 0 Å². The van der Waals surface area contributed by atoms with Crippen molar-refractivity contribution >= 4 is 6.03 Å². The number of urea groups is 1. The molecular formula is C11H22N2O2. The van der Waals surface area contributed by atoms with Crippen molar-refractivity contribution in [2.75, 3.05) is 33.3 Å². The minimum Gasteiger partial charge on any atom is -0.381 e.